The Morgan fingerprint density at radius 1 is 1.53 bits per heavy atom. The largest absolute Gasteiger partial charge is 0.496 e. The number of allylic oxidation sites excluding steroid dienone is 4. The predicted octanol–water partition coefficient (Wildman–Crippen LogP) is 1.77. The molecule has 0 saturated carbocycles. The topological polar surface area (TPSA) is 33.3 Å². The minimum atomic E-state index is 0.735. The molecule has 1 aliphatic rings. The van der Waals surface area contributed by atoms with Gasteiger partial charge in [0, 0.05) is 18.7 Å². The summed E-state index contributed by atoms with van der Waals surface area (Å²) in [7, 11) is 3.56. The Labute approximate surface area is 104 Å². The molecule has 3 heteroatoms. The fraction of sp³-hybridized carbons (Fsp3) is 0.429. The molecule has 2 N–H and O–H groups in total. The first-order chi connectivity index (χ1) is 8.27. The van der Waals surface area contributed by atoms with Crippen molar-refractivity contribution < 1.29 is 4.74 Å². The van der Waals surface area contributed by atoms with Gasteiger partial charge in [-0.05, 0) is 26.1 Å². The smallest absolute Gasteiger partial charge is 0.122 e. The summed E-state index contributed by atoms with van der Waals surface area (Å²) in [5, 5.41) is 6.36. The van der Waals surface area contributed by atoms with Crippen molar-refractivity contribution >= 4 is 0 Å². The van der Waals surface area contributed by atoms with Gasteiger partial charge in [0.25, 0.3) is 0 Å². The van der Waals surface area contributed by atoms with Crippen molar-refractivity contribution in [3.8, 4) is 0 Å². The highest BCUT2D eigenvalue weighted by atomic mass is 16.5. The normalized spacial score (nSPS) is 19.2. The van der Waals surface area contributed by atoms with Gasteiger partial charge >= 0.3 is 0 Å². The zero-order valence-corrected chi connectivity index (χ0v) is 10.8. The molecule has 0 amide bonds. The van der Waals surface area contributed by atoms with Gasteiger partial charge in [-0.2, -0.15) is 0 Å². The van der Waals surface area contributed by atoms with Crippen molar-refractivity contribution in [3.63, 3.8) is 0 Å². The molecule has 0 aliphatic carbocycles. The molecule has 17 heavy (non-hydrogen) atoms. The Kier molecular flexibility index (Phi) is 6.37. The number of hydrogen-bond donors (Lipinski definition) is 2. The van der Waals surface area contributed by atoms with Crippen molar-refractivity contribution in [2.45, 2.75) is 6.42 Å². The first kappa shape index (κ1) is 13.7. The lowest BCUT2D eigenvalue weighted by molar-refractivity contribution is 0.299. The second-order valence-electron chi connectivity index (χ2n) is 4.01. The van der Waals surface area contributed by atoms with E-state index in [-0.39, 0.29) is 0 Å². The van der Waals surface area contributed by atoms with E-state index in [1.165, 1.54) is 5.57 Å². The standard InChI is InChI=1S/C14H22N2O/c1-12(10-15-2)14(17-3)7-5-4-6-13-8-9-16-11-13/h4-7,15-16H,1,8-11H2,2-3H3/b5-4-,13-6-,14-7+. The Bertz CT molecular complexity index is 332. The van der Waals surface area contributed by atoms with Gasteiger partial charge in [0.1, 0.15) is 5.76 Å². The Morgan fingerprint density at radius 3 is 2.94 bits per heavy atom. The Hall–Kier alpha value is -1.32. The van der Waals surface area contributed by atoms with E-state index in [0.717, 1.165) is 37.4 Å². The maximum absolute atomic E-state index is 5.27. The summed E-state index contributed by atoms with van der Waals surface area (Å²) in [6.45, 7) is 6.80. The number of methoxy groups -OCH3 is 1. The minimum absolute atomic E-state index is 0.735. The monoisotopic (exact) mass is 234 g/mol. The summed E-state index contributed by atoms with van der Waals surface area (Å²) >= 11 is 0. The average molecular weight is 234 g/mol. The fourth-order valence-electron chi connectivity index (χ4n) is 1.69. The van der Waals surface area contributed by atoms with E-state index in [1.807, 2.05) is 25.3 Å². The van der Waals surface area contributed by atoms with Crippen LogP contribution >= 0.6 is 0 Å². The SMILES string of the molecule is C=C(CNC)\C(=C/C=C\C=C1\CCNC1)OC. The number of hydrogen-bond acceptors (Lipinski definition) is 3. The molecule has 94 valence electrons. The van der Waals surface area contributed by atoms with Crippen LogP contribution in [-0.4, -0.2) is 33.8 Å². The maximum Gasteiger partial charge on any atom is 0.122 e. The van der Waals surface area contributed by atoms with Crippen LogP contribution in [0.2, 0.25) is 0 Å². The van der Waals surface area contributed by atoms with Crippen LogP contribution in [0.4, 0.5) is 0 Å². The summed E-state index contributed by atoms with van der Waals surface area (Å²) < 4.78 is 5.27. The summed E-state index contributed by atoms with van der Waals surface area (Å²) in [6, 6.07) is 0. The van der Waals surface area contributed by atoms with Gasteiger partial charge in [-0.3, -0.25) is 0 Å². The molecule has 0 radical (unpaired) electrons. The molecule has 0 aromatic heterocycles. The summed E-state index contributed by atoms with van der Waals surface area (Å²) in [5.74, 6) is 0.818. The molecule has 0 aromatic carbocycles. The zero-order chi connectivity index (χ0) is 12.5. The molecule has 0 aromatic rings. The van der Waals surface area contributed by atoms with Crippen LogP contribution in [0.1, 0.15) is 6.42 Å². The highest BCUT2D eigenvalue weighted by molar-refractivity contribution is 5.29. The fourth-order valence-corrected chi connectivity index (χ4v) is 1.69. The molecular formula is C14H22N2O. The lowest BCUT2D eigenvalue weighted by Crippen LogP contribution is -2.11. The van der Waals surface area contributed by atoms with Crippen LogP contribution in [0.15, 0.2) is 47.8 Å². The molecule has 0 unspecified atom stereocenters. The second kappa shape index (κ2) is 7.87. The van der Waals surface area contributed by atoms with E-state index in [0.29, 0.717) is 0 Å². The summed E-state index contributed by atoms with van der Waals surface area (Å²) in [4.78, 5) is 0. The van der Waals surface area contributed by atoms with Crippen molar-refractivity contribution in [2.24, 2.45) is 0 Å². The van der Waals surface area contributed by atoms with E-state index in [2.05, 4.69) is 23.3 Å². The lowest BCUT2D eigenvalue weighted by Gasteiger charge is -2.07. The van der Waals surface area contributed by atoms with Crippen molar-refractivity contribution in [1.29, 1.82) is 0 Å². The molecule has 1 rings (SSSR count). The van der Waals surface area contributed by atoms with Gasteiger partial charge in [0.2, 0.25) is 0 Å². The van der Waals surface area contributed by atoms with Crippen molar-refractivity contribution in [1.82, 2.24) is 10.6 Å². The van der Waals surface area contributed by atoms with Crippen LogP contribution in [0, 0.1) is 0 Å². The zero-order valence-electron chi connectivity index (χ0n) is 10.8. The third-order valence-electron chi connectivity index (χ3n) is 2.62. The van der Waals surface area contributed by atoms with E-state index in [4.69, 9.17) is 4.74 Å². The molecule has 0 spiro atoms. The van der Waals surface area contributed by atoms with Crippen molar-refractivity contribution in [3.05, 3.63) is 47.8 Å². The molecule has 0 bridgehead atoms. The molecular weight excluding hydrogens is 212 g/mol. The first-order valence-electron chi connectivity index (χ1n) is 5.91. The van der Waals surface area contributed by atoms with Crippen molar-refractivity contribution in [2.75, 3.05) is 33.8 Å². The van der Waals surface area contributed by atoms with Gasteiger partial charge in [0.05, 0.1) is 7.11 Å². The molecule has 1 fully saturated rings. The van der Waals surface area contributed by atoms with Gasteiger partial charge in [-0.15, -0.1) is 0 Å². The van der Waals surface area contributed by atoms with E-state index in [1.54, 1.807) is 7.11 Å². The summed E-state index contributed by atoms with van der Waals surface area (Å²) in [6.07, 6.45) is 9.29. The van der Waals surface area contributed by atoms with E-state index < -0.39 is 0 Å². The second-order valence-corrected chi connectivity index (χ2v) is 4.01. The van der Waals surface area contributed by atoms with E-state index in [9.17, 15) is 0 Å². The first-order valence-corrected chi connectivity index (χ1v) is 5.91. The van der Waals surface area contributed by atoms with Gasteiger partial charge < -0.3 is 15.4 Å². The molecule has 1 saturated heterocycles. The van der Waals surface area contributed by atoms with Crippen LogP contribution in [0.5, 0.6) is 0 Å². The third kappa shape index (κ3) is 5.02. The Balaban J connectivity index is 2.51. The molecule has 1 heterocycles. The highest BCUT2D eigenvalue weighted by Gasteiger charge is 2.02. The van der Waals surface area contributed by atoms with Gasteiger partial charge in [-0.1, -0.05) is 30.4 Å². The minimum Gasteiger partial charge on any atom is -0.496 e. The quantitative estimate of drug-likeness (QED) is 0.543. The number of likely N-dealkylation sites (N-methyl/N-ethyl adjacent to an activating group) is 1. The van der Waals surface area contributed by atoms with Crippen LogP contribution in [0.3, 0.4) is 0 Å². The Morgan fingerprint density at radius 2 is 2.35 bits per heavy atom. The summed E-state index contributed by atoms with van der Waals surface area (Å²) in [5.41, 5.74) is 2.40. The highest BCUT2D eigenvalue weighted by Crippen LogP contribution is 2.08. The van der Waals surface area contributed by atoms with E-state index >= 15 is 0 Å². The van der Waals surface area contributed by atoms with Crippen LogP contribution in [0.25, 0.3) is 0 Å². The number of ether oxygens (including phenoxy) is 1. The van der Waals surface area contributed by atoms with Gasteiger partial charge in [-0.25, -0.2) is 0 Å². The lowest BCUT2D eigenvalue weighted by atomic mass is 10.2. The molecule has 3 nitrogen and oxygen atoms in total. The van der Waals surface area contributed by atoms with Crippen LogP contribution < -0.4 is 10.6 Å². The predicted molar refractivity (Wildman–Crippen MR) is 72.9 cm³/mol. The molecule has 1 aliphatic heterocycles. The number of rotatable bonds is 6. The number of nitrogens with one attached hydrogen (secondary N) is 2. The maximum atomic E-state index is 5.27. The van der Waals surface area contributed by atoms with Crippen LogP contribution in [-0.2, 0) is 4.74 Å². The van der Waals surface area contributed by atoms with Gasteiger partial charge in [0.15, 0.2) is 0 Å². The third-order valence-corrected chi connectivity index (χ3v) is 2.62. The average Bonchev–Trinajstić information content (AvgIpc) is 2.82. The molecule has 0 atom stereocenters.